The Bertz CT molecular complexity index is 4170. The molecule has 0 bridgehead atoms. The minimum atomic E-state index is 1.14. The number of thiophene rings is 2. The second-order valence-corrected chi connectivity index (χ2v) is 19.4. The van der Waals surface area contributed by atoms with Crippen LogP contribution in [0.5, 0.6) is 0 Å². The molecular weight excluding hydrogens is 851 g/mol. The molecule has 0 saturated carbocycles. The molecule has 14 aromatic rings. The summed E-state index contributed by atoms with van der Waals surface area (Å²) >= 11 is 3.80. The van der Waals surface area contributed by atoms with Gasteiger partial charge in [0.05, 0.1) is 42.5 Å². The van der Waals surface area contributed by atoms with E-state index in [1.807, 2.05) is 22.7 Å². The molecule has 0 aliphatic rings. The molecule has 5 heteroatoms. The highest BCUT2D eigenvalue weighted by Crippen LogP contribution is 2.48. The van der Waals surface area contributed by atoms with Crippen LogP contribution in [0.1, 0.15) is 0 Å². The van der Waals surface area contributed by atoms with Crippen molar-refractivity contribution < 1.29 is 0 Å². The van der Waals surface area contributed by atoms with Gasteiger partial charge < -0.3 is 13.7 Å². The standard InChI is InChI=1S/C62H39N3S2/c1-6-17-40(18-7-1)42-21-16-22-43(33-42)44-29-31-49-51-36-56-52(37-55(51)64(54(49)35-44)47-25-12-4-13-26-47)50-34-45(30-32-53(50)63(56)46-23-10-3-11-24-46)60-39-58-62(67-60)61-57(65(58)48-27-14-5-15-28-48)38-59(66-61)41-19-8-2-9-20-41/h1-39H. The molecule has 0 aliphatic heterocycles. The van der Waals surface area contributed by atoms with E-state index in [2.05, 4.69) is 250 Å². The fraction of sp³-hybridized carbons (Fsp3) is 0. The fourth-order valence-electron chi connectivity index (χ4n) is 10.4. The summed E-state index contributed by atoms with van der Waals surface area (Å²) in [5.41, 5.74) is 18.0. The first-order valence-electron chi connectivity index (χ1n) is 22.7. The summed E-state index contributed by atoms with van der Waals surface area (Å²) < 4.78 is 10.0. The molecule has 0 atom stereocenters. The lowest BCUT2D eigenvalue weighted by atomic mass is 9.98. The SMILES string of the molecule is c1ccc(-c2cccc(-c3ccc4c5cc6c(cc5n(-c5ccccc5)c4c3)c3cc(-c4cc5c(s4)c4sc(-c7ccccc7)cc4n5-c4ccccc4)ccc3n6-c3ccccc3)c2)cc1. The van der Waals surface area contributed by atoms with Gasteiger partial charge >= 0.3 is 0 Å². The quantitative estimate of drug-likeness (QED) is 0.151. The van der Waals surface area contributed by atoms with Crippen molar-refractivity contribution in [2.45, 2.75) is 0 Å². The van der Waals surface area contributed by atoms with E-state index in [0.29, 0.717) is 0 Å². The molecule has 0 radical (unpaired) electrons. The Morgan fingerprint density at radius 1 is 0.224 bits per heavy atom. The Balaban J connectivity index is 0.995. The van der Waals surface area contributed by atoms with Gasteiger partial charge in [-0.05, 0) is 118 Å². The topological polar surface area (TPSA) is 14.8 Å². The smallest absolute Gasteiger partial charge is 0.0711 e. The van der Waals surface area contributed by atoms with Crippen molar-refractivity contribution in [3.63, 3.8) is 0 Å². The van der Waals surface area contributed by atoms with E-state index < -0.39 is 0 Å². The number of rotatable bonds is 7. The highest BCUT2D eigenvalue weighted by molar-refractivity contribution is 7.30. The molecule has 14 rings (SSSR count). The van der Waals surface area contributed by atoms with Crippen LogP contribution in [-0.4, -0.2) is 13.7 Å². The molecule has 0 amide bonds. The third-order valence-electron chi connectivity index (χ3n) is 13.5. The van der Waals surface area contributed by atoms with Gasteiger partial charge in [0.1, 0.15) is 0 Å². The van der Waals surface area contributed by atoms with E-state index in [4.69, 9.17) is 0 Å². The maximum atomic E-state index is 2.47. The Labute approximate surface area is 394 Å². The second-order valence-electron chi connectivity index (χ2n) is 17.3. The van der Waals surface area contributed by atoms with Crippen LogP contribution in [0.3, 0.4) is 0 Å². The fourth-order valence-corrected chi connectivity index (χ4v) is 12.8. The van der Waals surface area contributed by atoms with E-state index in [1.165, 1.54) is 113 Å². The summed E-state index contributed by atoms with van der Waals surface area (Å²) in [5, 5.41) is 4.92. The molecule has 0 saturated heterocycles. The number of hydrogen-bond donors (Lipinski definition) is 0. The number of para-hydroxylation sites is 3. The monoisotopic (exact) mass is 889 g/mol. The lowest BCUT2D eigenvalue weighted by molar-refractivity contribution is 1.17. The molecule has 0 fully saturated rings. The Hall–Kier alpha value is -8.22. The van der Waals surface area contributed by atoms with Crippen molar-refractivity contribution in [3.05, 3.63) is 237 Å². The van der Waals surface area contributed by atoms with Crippen molar-refractivity contribution in [1.82, 2.24) is 13.7 Å². The van der Waals surface area contributed by atoms with Gasteiger partial charge in [0.25, 0.3) is 0 Å². The van der Waals surface area contributed by atoms with Crippen LogP contribution in [0.4, 0.5) is 0 Å². The van der Waals surface area contributed by atoms with Gasteiger partial charge in [-0.25, -0.2) is 0 Å². The van der Waals surface area contributed by atoms with Crippen LogP contribution < -0.4 is 0 Å². The third-order valence-corrected chi connectivity index (χ3v) is 16.0. The molecule has 9 aromatic carbocycles. The number of nitrogens with zero attached hydrogens (tertiary/aromatic N) is 3. The summed E-state index contributed by atoms with van der Waals surface area (Å²) in [7, 11) is 0. The summed E-state index contributed by atoms with van der Waals surface area (Å²) in [6.45, 7) is 0. The lowest BCUT2D eigenvalue weighted by Gasteiger charge is -2.10. The lowest BCUT2D eigenvalue weighted by Crippen LogP contribution is -1.94. The Kier molecular flexibility index (Phi) is 8.63. The third kappa shape index (κ3) is 6.09. The van der Waals surface area contributed by atoms with E-state index in [9.17, 15) is 0 Å². The number of hydrogen-bond acceptors (Lipinski definition) is 2. The first kappa shape index (κ1) is 38.1. The number of aromatic nitrogens is 3. The second kappa shape index (κ2) is 15.2. The Morgan fingerprint density at radius 3 is 1.21 bits per heavy atom. The van der Waals surface area contributed by atoms with Gasteiger partial charge in [-0.2, -0.15) is 0 Å². The molecule has 5 heterocycles. The highest BCUT2D eigenvalue weighted by atomic mass is 32.1. The average Bonchev–Trinajstić information content (AvgIpc) is 4.21. The van der Waals surface area contributed by atoms with Gasteiger partial charge in [0, 0.05) is 48.4 Å². The predicted molar refractivity (Wildman–Crippen MR) is 287 cm³/mol. The van der Waals surface area contributed by atoms with Crippen LogP contribution in [-0.2, 0) is 0 Å². The van der Waals surface area contributed by atoms with Crippen molar-refractivity contribution in [2.24, 2.45) is 0 Å². The van der Waals surface area contributed by atoms with Gasteiger partial charge in [-0.15, -0.1) is 22.7 Å². The van der Waals surface area contributed by atoms with E-state index >= 15 is 0 Å². The summed E-state index contributed by atoms with van der Waals surface area (Å²) in [6.07, 6.45) is 0. The maximum Gasteiger partial charge on any atom is 0.0711 e. The highest BCUT2D eigenvalue weighted by Gasteiger charge is 2.23. The zero-order chi connectivity index (χ0) is 44.0. The summed E-state index contributed by atoms with van der Waals surface area (Å²) in [4.78, 5) is 2.55. The molecule has 0 unspecified atom stereocenters. The number of benzene rings is 9. The first-order chi connectivity index (χ1) is 33.2. The van der Waals surface area contributed by atoms with Crippen LogP contribution in [0.2, 0.25) is 0 Å². The summed E-state index contributed by atoms with van der Waals surface area (Å²) in [5.74, 6) is 0. The predicted octanol–water partition coefficient (Wildman–Crippen LogP) is 17.8. The molecule has 0 N–H and O–H groups in total. The molecule has 67 heavy (non-hydrogen) atoms. The zero-order valence-electron chi connectivity index (χ0n) is 36.2. The summed E-state index contributed by atoms with van der Waals surface area (Å²) in [6, 6.07) is 86.7. The first-order valence-corrected chi connectivity index (χ1v) is 24.4. The van der Waals surface area contributed by atoms with E-state index in [0.717, 1.165) is 11.4 Å². The molecule has 5 aromatic heterocycles. The maximum absolute atomic E-state index is 2.47. The Morgan fingerprint density at radius 2 is 0.627 bits per heavy atom. The van der Waals surface area contributed by atoms with E-state index in [-0.39, 0.29) is 0 Å². The molecular formula is C62H39N3S2. The van der Waals surface area contributed by atoms with E-state index in [1.54, 1.807) is 0 Å². The normalized spacial score (nSPS) is 11.9. The minimum absolute atomic E-state index is 1.14. The number of fused-ring (bicyclic) bond motifs is 9. The average molecular weight is 890 g/mol. The largest absolute Gasteiger partial charge is 0.309 e. The van der Waals surface area contributed by atoms with Crippen LogP contribution in [0.25, 0.3) is 124 Å². The molecule has 0 aliphatic carbocycles. The minimum Gasteiger partial charge on any atom is -0.309 e. The van der Waals surface area contributed by atoms with Crippen molar-refractivity contribution in [3.8, 4) is 60.2 Å². The molecule has 0 spiro atoms. The van der Waals surface area contributed by atoms with Crippen molar-refractivity contribution in [1.29, 1.82) is 0 Å². The van der Waals surface area contributed by atoms with Gasteiger partial charge in [0.15, 0.2) is 0 Å². The molecule has 3 nitrogen and oxygen atoms in total. The van der Waals surface area contributed by atoms with Crippen molar-refractivity contribution >= 4 is 86.7 Å². The van der Waals surface area contributed by atoms with Crippen LogP contribution in [0, 0.1) is 0 Å². The van der Waals surface area contributed by atoms with Gasteiger partial charge in [-0.1, -0.05) is 152 Å². The van der Waals surface area contributed by atoms with Crippen LogP contribution in [0.15, 0.2) is 237 Å². The van der Waals surface area contributed by atoms with Crippen molar-refractivity contribution in [2.75, 3.05) is 0 Å². The van der Waals surface area contributed by atoms with Gasteiger partial charge in [0.2, 0.25) is 0 Å². The van der Waals surface area contributed by atoms with Crippen LogP contribution >= 0.6 is 22.7 Å². The molecule has 314 valence electrons. The van der Waals surface area contributed by atoms with Gasteiger partial charge in [-0.3, -0.25) is 0 Å². The zero-order valence-corrected chi connectivity index (χ0v) is 37.8.